The van der Waals surface area contributed by atoms with Gasteiger partial charge in [-0.1, -0.05) is 70.0 Å². The number of Topliss-reactive ketones (excluding diaryl/α,β-unsaturated/α-hetero) is 1. The number of allylic oxidation sites excluding steroid dienone is 4. The lowest BCUT2D eigenvalue weighted by Crippen LogP contribution is -2.37. The normalized spacial score (nSPS) is 19.8. The van der Waals surface area contributed by atoms with Gasteiger partial charge in [0.25, 0.3) is 5.69 Å². The van der Waals surface area contributed by atoms with Crippen molar-refractivity contribution in [1.29, 1.82) is 0 Å². The molecular formula is C30H24Br2N2O3. The summed E-state index contributed by atoms with van der Waals surface area (Å²) in [5, 5.41) is 14.7. The highest BCUT2D eigenvalue weighted by Gasteiger charge is 2.42. The lowest BCUT2D eigenvalue weighted by atomic mass is 9.67. The van der Waals surface area contributed by atoms with E-state index in [-0.39, 0.29) is 17.4 Å². The first-order valence-electron chi connectivity index (χ1n) is 11.9. The number of benzene rings is 3. The third kappa shape index (κ3) is 5.11. The van der Waals surface area contributed by atoms with Crippen LogP contribution in [0.3, 0.4) is 0 Å². The van der Waals surface area contributed by atoms with Crippen LogP contribution in [0.2, 0.25) is 0 Å². The van der Waals surface area contributed by atoms with Gasteiger partial charge in [-0.3, -0.25) is 14.9 Å². The lowest BCUT2D eigenvalue weighted by molar-refractivity contribution is -0.384. The first-order chi connectivity index (χ1) is 17.6. The molecule has 186 valence electrons. The molecule has 1 atom stereocenters. The van der Waals surface area contributed by atoms with E-state index in [0.717, 1.165) is 42.6 Å². The Hall–Kier alpha value is -3.29. The molecule has 3 aromatic rings. The molecule has 5 nitrogen and oxygen atoms in total. The predicted octanol–water partition coefficient (Wildman–Crippen LogP) is 8.18. The van der Waals surface area contributed by atoms with Gasteiger partial charge in [0.2, 0.25) is 0 Å². The number of non-ortho nitro benzene ring substituents is 1. The highest BCUT2D eigenvalue weighted by molar-refractivity contribution is 9.10. The molecule has 1 unspecified atom stereocenters. The van der Waals surface area contributed by atoms with Gasteiger partial charge >= 0.3 is 0 Å². The Morgan fingerprint density at radius 2 is 1.54 bits per heavy atom. The maximum Gasteiger partial charge on any atom is 0.269 e. The van der Waals surface area contributed by atoms with Gasteiger partial charge in [-0.05, 0) is 77.1 Å². The molecule has 2 aliphatic rings. The van der Waals surface area contributed by atoms with Crippen molar-refractivity contribution in [1.82, 2.24) is 5.32 Å². The summed E-state index contributed by atoms with van der Waals surface area (Å²) < 4.78 is 1.98. The summed E-state index contributed by atoms with van der Waals surface area (Å²) in [6.45, 7) is 4.14. The van der Waals surface area contributed by atoms with Gasteiger partial charge in [0, 0.05) is 49.5 Å². The standard InChI is InChI=1S/C30H24Br2N2O3/c1-30(2)17-27-28(29(35)25(30)15-18-3-13-23(14-4-18)34(36)37)24(19-5-9-21(31)10-6-19)16-26(33-27)20-7-11-22(32)12-8-20/h3-16,24,33H,17H2,1-2H3/b25-15+. The second-order valence-electron chi connectivity index (χ2n) is 9.93. The van der Waals surface area contributed by atoms with E-state index in [4.69, 9.17) is 0 Å². The van der Waals surface area contributed by atoms with Crippen molar-refractivity contribution in [2.24, 2.45) is 5.41 Å². The summed E-state index contributed by atoms with van der Waals surface area (Å²) in [6, 6.07) is 22.5. The molecule has 0 spiro atoms. The quantitative estimate of drug-likeness (QED) is 0.182. The van der Waals surface area contributed by atoms with Crippen molar-refractivity contribution in [3.05, 3.63) is 131 Å². The molecule has 0 saturated carbocycles. The second-order valence-corrected chi connectivity index (χ2v) is 11.8. The average molecular weight is 620 g/mol. The van der Waals surface area contributed by atoms with Crippen LogP contribution in [0.15, 0.2) is 105 Å². The predicted molar refractivity (Wildman–Crippen MR) is 154 cm³/mol. The summed E-state index contributed by atoms with van der Waals surface area (Å²) in [7, 11) is 0. The summed E-state index contributed by atoms with van der Waals surface area (Å²) in [4.78, 5) is 24.8. The van der Waals surface area contributed by atoms with E-state index in [1.807, 2.05) is 42.5 Å². The van der Waals surface area contributed by atoms with Crippen LogP contribution in [0, 0.1) is 15.5 Å². The van der Waals surface area contributed by atoms with Crippen molar-refractivity contribution < 1.29 is 9.72 Å². The van der Waals surface area contributed by atoms with Crippen molar-refractivity contribution in [2.45, 2.75) is 26.2 Å². The zero-order chi connectivity index (χ0) is 26.3. The van der Waals surface area contributed by atoms with Gasteiger partial charge in [-0.2, -0.15) is 0 Å². The first kappa shape index (κ1) is 25.4. The Morgan fingerprint density at radius 1 is 0.946 bits per heavy atom. The zero-order valence-corrected chi connectivity index (χ0v) is 23.5. The fraction of sp³-hybridized carbons (Fsp3) is 0.167. The molecule has 1 N–H and O–H groups in total. The van der Waals surface area contributed by atoms with Gasteiger partial charge in [-0.15, -0.1) is 0 Å². The molecule has 37 heavy (non-hydrogen) atoms. The molecule has 1 aliphatic heterocycles. The number of rotatable bonds is 4. The van der Waals surface area contributed by atoms with Crippen molar-refractivity contribution >= 4 is 55.1 Å². The van der Waals surface area contributed by atoms with Crippen LogP contribution >= 0.6 is 31.9 Å². The van der Waals surface area contributed by atoms with Crippen molar-refractivity contribution in [3.8, 4) is 0 Å². The number of nitro benzene ring substituents is 1. The van der Waals surface area contributed by atoms with Crippen LogP contribution < -0.4 is 5.32 Å². The number of nitro groups is 1. The van der Waals surface area contributed by atoms with Gasteiger partial charge < -0.3 is 5.32 Å². The Labute approximate surface area is 232 Å². The Balaban J connectivity index is 1.60. The van der Waals surface area contributed by atoms with E-state index in [1.165, 1.54) is 12.1 Å². The van der Waals surface area contributed by atoms with Crippen molar-refractivity contribution in [2.75, 3.05) is 0 Å². The van der Waals surface area contributed by atoms with Gasteiger partial charge in [0.05, 0.1) is 4.92 Å². The third-order valence-electron chi connectivity index (χ3n) is 6.89. The van der Waals surface area contributed by atoms with E-state index in [1.54, 1.807) is 12.1 Å². The Kier molecular flexibility index (Phi) is 6.77. The number of carbonyl (C=O) groups is 1. The molecule has 3 aromatic carbocycles. The molecule has 5 rings (SSSR count). The number of halogens is 2. The largest absolute Gasteiger partial charge is 0.358 e. The maximum absolute atomic E-state index is 14.2. The second kappa shape index (κ2) is 9.88. The van der Waals surface area contributed by atoms with E-state index in [0.29, 0.717) is 12.0 Å². The topological polar surface area (TPSA) is 72.2 Å². The number of ketones is 1. The number of carbonyl (C=O) groups excluding carboxylic acids is 1. The van der Waals surface area contributed by atoms with Crippen LogP contribution in [-0.4, -0.2) is 10.7 Å². The van der Waals surface area contributed by atoms with E-state index in [9.17, 15) is 14.9 Å². The summed E-state index contributed by atoms with van der Waals surface area (Å²) in [5.41, 5.74) is 5.80. The fourth-order valence-corrected chi connectivity index (χ4v) is 5.50. The van der Waals surface area contributed by atoms with Crippen molar-refractivity contribution in [3.63, 3.8) is 0 Å². The number of dihydropyridines is 1. The molecule has 0 radical (unpaired) electrons. The number of hydrogen-bond donors (Lipinski definition) is 1. The highest BCUT2D eigenvalue weighted by Crippen LogP contribution is 2.48. The molecule has 0 aromatic heterocycles. The summed E-state index contributed by atoms with van der Waals surface area (Å²) in [6.07, 6.45) is 4.67. The van der Waals surface area contributed by atoms with Gasteiger partial charge in [-0.25, -0.2) is 0 Å². The lowest BCUT2D eigenvalue weighted by Gasteiger charge is -2.40. The Bertz CT molecular complexity index is 1480. The van der Waals surface area contributed by atoms with Crippen LogP contribution in [-0.2, 0) is 4.79 Å². The van der Waals surface area contributed by atoms with E-state index in [2.05, 4.69) is 69.2 Å². The maximum atomic E-state index is 14.2. The molecule has 0 amide bonds. The van der Waals surface area contributed by atoms with Crippen LogP contribution in [0.5, 0.6) is 0 Å². The molecule has 7 heteroatoms. The van der Waals surface area contributed by atoms with Crippen LogP contribution in [0.4, 0.5) is 5.69 Å². The van der Waals surface area contributed by atoms with Crippen LogP contribution in [0.25, 0.3) is 11.8 Å². The van der Waals surface area contributed by atoms with Gasteiger partial charge in [0.1, 0.15) is 0 Å². The fourth-order valence-electron chi connectivity index (χ4n) is 4.97. The third-order valence-corrected chi connectivity index (χ3v) is 7.95. The first-order valence-corrected chi connectivity index (χ1v) is 13.5. The minimum Gasteiger partial charge on any atom is -0.358 e. The number of hydrogen-bond acceptors (Lipinski definition) is 4. The number of nitrogens with one attached hydrogen (secondary N) is 1. The molecule has 0 bridgehead atoms. The molecule has 0 fully saturated rings. The highest BCUT2D eigenvalue weighted by atomic mass is 79.9. The zero-order valence-electron chi connectivity index (χ0n) is 20.3. The summed E-state index contributed by atoms with van der Waals surface area (Å²) >= 11 is 7.03. The molecule has 1 heterocycles. The average Bonchev–Trinajstić information content (AvgIpc) is 2.86. The van der Waals surface area contributed by atoms with E-state index < -0.39 is 10.3 Å². The number of nitrogens with zero attached hydrogens (tertiary/aromatic N) is 1. The van der Waals surface area contributed by atoms with Gasteiger partial charge in [0.15, 0.2) is 5.78 Å². The summed E-state index contributed by atoms with van der Waals surface area (Å²) in [5.74, 6) is -0.219. The SMILES string of the molecule is CC1(C)CC2=C(C(=O)/C1=C\c1ccc([N+](=O)[O-])cc1)C(c1ccc(Br)cc1)C=C(c1ccc(Br)cc1)N2. The molecule has 0 saturated heterocycles. The minimum absolute atomic E-state index is 0.00359. The molecule has 1 aliphatic carbocycles. The van der Waals surface area contributed by atoms with Crippen LogP contribution in [0.1, 0.15) is 42.9 Å². The van der Waals surface area contributed by atoms with E-state index >= 15 is 0 Å². The molecular weight excluding hydrogens is 596 g/mol. The smallest absolute Gasteiger partial charge is 0.269 e. The minimum atomic E-state index is -0.433. The monoisotopic (exact) mass is 618 g/mol. The Morgan fingerprint density at radius 3 is 2.14 bits per heavy atom.